The number of likely N-dealkylation sites (tertiary alicyclic amines) is 1. The van der Waals surface area contributed by atoms with Crippen LogP contribution < -0.4 is 9.64 Å². The smallest absolute Gasteiger partial charge is 0.414 e. The van der Waals surface area contributed by atoms with Crippen LogP contribution in [-0.2, 0) is 16.0 Å². The van der Waals surface area contributed by atoms with Crippen molar-refractivity contribution in [3.63, 3.8) is 0 Å². The molecule has 0 spiro atoms. The Morgan fingerprint density at radius 1 is 1.12 bits per heavy atom. The van der Waals surface area contributed by atoms with Crippen molar-refractivity contribution in [3.8, 4) is 16.9 Å². The molecule has 0 radical (unpaired) electrons. The topological polar surface area (TPSA) is 76.9 Å². The normalized spacial score (nSPS) is 20.4. The van der Waals surface area contributed by atoms with Crippen LogP contribution in [0.3, 0.4) is 0 Å². The number of benzene rings is 1. The summed E-state index contributed by atoms with van der Waals surface area (Å²) in [7, 11) is 1.40. The van der Waals surface area contributed by atoms with Crippen LogP contribution in [0.5, 0.6) is 5.75 Å². The van der Waals surface area contributed by atoms with Gasteiger partial charge in [0.15, 0.2) is 6.61 Å². The highest BCUT2D eigenvalue weighted by atomic mass is 16.5. The lowest BCUT2D eigenvalue weighted by atomic mass is 9.92. The number of rotatable bonds is 5. The Morgan fingerprint density at radius 3 is 2.64 bits per heavy atom. The van der Waals surface area contributed by atoms with Crippen molar-refractivity contribution in [2.75, 3.05) is 31.7 Å². The molecule has 1 aliphatic carbocycles. The fourth-order valence-electron chi connectivity index (χ4n) is 4.96. The van der Waals surface area contributed by atoms with E-state index in [1.165, 1.54) is 13.5 Å². The van der Waals surface area contributed by atoms with Crippen LogP contribution in [-0.4, -0.2) is 59.5 Å². The second-order valence-electron chi connectivity index (χ2n) is 9.34. The average Bonchev–Trinajstić information content (AvgIpc) is 3.58. The monoisotopic (exact) mass is 452 g/mol. The molecule has 1 aromatic heterocycles. The van der Waals surface area contributed by atoms with E-state index in [4.69, 9.17) is 9.47 Å². The molecule has 2 aromatic rings. The standard InChI is InChI=1S/C25H32N4O4/c1-17-6-9-21-22(29(17)25(31)32-2)11-10-20(18-14-26-28(15-18)19-7-8-19)24(21)33-16-23(30)27-12-4-3-5-13-27/h10-11,14-15,17,19H,3-9,12-13,16H2,1-2H3. The number of hydrogen-bond acceptors (Lipinski definition) is 5. The number of nitrogens with zero attached hydrogens (tertiary/aromatic N) is 4. The first-order valence-corrected chi connectivity index (χ1v) is 12.0. The zero-order valence-electron chi connectivity index (χ0n) is 19.5. The highest BCUT2D eigenvalue weighted by Crippen LogP contribution is 2.44. The quantitative estimate of drug-likeness (QED) is 0.680. The Hall–Kier alpha value is -3.03. The number of carbonyl (C=O) groups excluding carboxylic acids is 2. The van der Waals surface area contributed by atoms with Gasteiger partial charge >= 0.3 is 6.09 Å². The summed E-state index contributed by atoms with van der Waals surface area (Å²) in [5.41, 5.74) is 3.61. The van der Waals surface area contributed by atoms with Gasteiger partial charge in [0.1, 0.15) is 5.75 Å². The summed E-state index contributed by atoms with van der Waals surface area (Å²) in [6.07, 6.45) is 10.7. The molecule has 0 bridgehead atoms. The fraction of sp³-hybridized carbons (Fsp3) is 0.560. The number of ether oxygens (including phenoxy) is 2. The molecule has 2 amide bonds. The van der Waals surface area contributed by atoms with E-state index in [1.54, 1.807) is 4.90 Å². The zero-order valence-corrected chi connectivity index (χ0v) is 19.5. The molecule has 0 N–H and O–H groups in total. The van der Waals surface area contributed by atoms with Gasteiger partial charge in [0.25, 0.3) is 5.91 Å². The number of anilines is 1. The minimum absolute atomic E-state index is 0.00596. The zero-order chi connectivity index (χ0) is 22.9. The van der Waals surface area contributed by atoms with Crippen LogP contribution in [0, 0.1) is 0 Å². The Kier molecular flexibility index (Phi) is 6.00. The number of fused-ring (bicyclic) bond motifs is 1. The maximum absolute atomic E-state index is 12.9. The van der Waals surface area contributed by atoms with E-state index >= 15 is 0 Å². The number of amides is 2. The number of methoxy groups -OCH3 is 1. The summed E-state index contributed by atoms with van der Waals surface area (Å²) in [5, 5.41) is 4.55. The van der Waals surface area contributed by atoms with Crippen LogP contribution in [0.1, 0.15) is 57.1 Å². The van der Waals surface area contributed by atoms with Gasteiger partial charge in [-0.05, 0) is 64.0 Å². The largest absolute Gasteiger partial charge is 0.483 e. The predicted molar refractivity (Wildman–Crippen MR) is 125 cm³/mol. The van der Waals surface area contributed by atoms with Gasteiger partial charge in [-0.25, -0.2) is 4.79 Å². The molecule has 33 heavy (non-hydrogen) atoms. The highest BCUT2D eigenvalue weighted by Gasteiger charge is 2.33. The van der Waals surface area contributed by atoms with Crippen molar-refractivity contribution < 1.29 is 19.1 Å². The Labute approximate surface area is 194 Å². The van der Waals surface area contributed by atoms with E-state index in [0.29, 0.717) is 11.8 Å². The summed E-state index contributed by atoms with van der Waals surface area (Å²) in [4.78, 5) is 29.0. The first kappa shape index (κ1) is 21.8. The summed E-state index contributed by atoms with van der Waals surface area (Å²) in [6, 6.07) is 4.45. The summed E-state index contributed by atoms with van der Waals surface area (Å²) >= 11 is 0. The highest BCUT2D eigenvalue weighted by molar-refractivity contribution is 5.92. The molecular formula is C25H32N4O4. The van der Waals surface area contributed by atoms with Gasteiger partial charge in [-0.2, -0.15) is 5.10 Å². The van der Waals surface area contributed by atoms with Crippen LogP contribution in [0.2, 0.25) is 0 Å². The van der Waals surface area contributed by atoms with Crippen LogP contribution >= 0.6 is 0 Å². The minimum atomic E-state index is -0.381. The molecule has 1 aromatic carbocycles. The Balaban J connectivity index is 1.50. The Morgan fingerprint density at radius 2 is 1.91 bits per heavy atom. The summed E-state index contributed by atoms with van der Waals surface area (Å²) in [6.45, 7) is 3.61. The predicted octanol–water partition coefficient (Wildman–Crippen LogP) is 4.18. The van der Waals surface area contributed by atoms with Crippen LogP contribution in [0.15, 0.2) is 24.5 Å². The van der Waals surface area contributed by atoms with Crippen LogP contribution in [0.4, 0.5) is 10.5 Å². The third kappa shape index (κ3) is 4.30. The van der Waals surface area contributed by atoms with Crippen molar-refractivity contribution >= 4 is 17.7 Å². The molecule has 176 valence electrons. The maximum Gasteiger partial charge on any atom is 0.414 e. The van der Waals surface area contributed by atoms with Gasteiger partial charge in [-0.1, -0.05) is 0 Å². The van der Waals surface area contributed by atoms with E-state index in [1.807, 2.05) is 34.8 Å². The van der Waals surface area contributed by atoms with E-state index < -0.39 is 0 Å². The minimum Gasteiger partial charge on any atom is -0.483 e. The molecular weight excluding hydrogens is 420 g/mol. The van der Waals surface area contributed by atoms with Crippen LogP contribution in [0.25, 0.3) is 11.1 Å². The molecule has 3 heterocycles. The molecule has 1 atom stereocenters. The van der Waals surface area contributed by atoms with Gasteiger partial charge in [-0.3, -0.25) is 14.4 Å². The maximum atomic E-state index is 12.9. The third-order valence-electron chi connectivity index (χ3n) is 7.00. The lowest BCUT2D eigenvalue weighted by Gasteiger charge is -2.35. The lowest BCUT2D eigenvalue weighted by molar-refractivity contribution is -0.134. The second kappa shape index (κ2) is 9.08. The molecule has 3 aliphatic rings. The summed E-state index contributed by atoms with van der Waals surface area (Å²) in [5.74, 6) is 0.690. The first-order chi connectivity index (χ1) is 16.1. The molecule has 1 unspecified atom stereocenters. The SMILES string of the molecule is COC(=O)N1c2ccc(-c3cnn(C4CC4)c3)c(OCC(=O)N3CCCCC3)c2CCC1C. The van der Waals surface area contributed by atoms with Crippen molar-refractivity contribution in [3.05, 3.63) is 30.1 Å². The van der Waals surface area contributed by atoms with Gasteiger partial charge in [-0.15, -0.1) is 0 Å². The second-order valence-corrected chi connectivity index (χ2v) is 9.34. The van der Waals surface area contributed by atoms with Crippen molar-refractivity contribution in [1.82, 2.24) is 14.7 Å². The van der Waals surface area contributed by atoms with Crippen molar-refractivity contribution in [2.24, 2.45) is 0 Å². The molecule has 8 nitrogen and oxygen atoms in total. The van der Waals surface area contributed by atoms with E-state index in [9.17, 15) is 9.59 Å². The number of carbonyl (C=O) groups is 2. The van der Waals surface area contributed by atoms with Gasteiger partial charge in [0.2, 0.25) is 0 Å². The molecule has 8 heteroatoms. The molecule has 1 saturated carbocycles. The average molecular weight is 453 g/mol. The molecule has 5 rings (SSSR count). The molecule has 1 saturated heterocycles. The number of piperidine rings is 1. The molecule has 2 aliphatic heterocycles. The first-order valence-electron chi connectivity index (χ1n) is 12.0. The fourth-order valence-corrected chi connectivity index (χ4v) is 4.96. The van der Waals surface area contributed by atoms with Crippen molar-refractivity contribution in [1.29, 1.82) is 0 Å². The Bertz CT molecular complexity index is 1040. The van der Waals surface area contributed by atoms with Gasteiger partial charge in [0, 0.05) is 42.0 Å². The van der Waals surface area contributed by atoms with E-state index in [-0.39, 0.29) is 24.6 Å². The third-order valence-corrected chi connectivity index (χ3v) is 7.00. The molecule has 2 fully saturated rings. The van der Waals surface area contributed by atoms with E-state index in [0.717, 1.165) is 74.0 Å². The van der Waals surface area contributed by atoms with E-state index in [2.05, 4.69) is 11.3 Å². The number of hydrogen-bond donors (Lipinski definition) is 0. The van der Waals surface area contributed by atoms with Gasteiger partial charge < -0.3 is 14.4 Å². The lowest BCUT2D eigenvalue weighted by Crippen LogP contribution is -2.42. The van der Waals surface area contributed by atoms with Crippen molar-refractivity contribution in [2.45, 2.75) is 64.0 Å². The number of aromatic nitrogens is 2. The summed E-state index contributed by atoms with van der Waals surface area (Å²) < 4.78 is 13.4. The van der Waals surface area contributed by atoms with Gasteiger partial charge in [0.05, 0.1) is 25.0 Å².